The molecule has 0 saturated heterocycles. The van der Waals surface area contributed by atoms with Gasteiger partial charge in [0.2, 0.25) is 12.6 Å². The van der Waals surface area contributed by atoms with Gasteiger partial charge in [-0.1, -0.05) is 0 Å². The highest BCUT2D eigenvalue weighted by Gasteiger charge is 2.22. The highest BCUT2D eigenvalue weighted by atomic mass is 16.7. The molecule has 96 valence electrons. The minimum Gasteiger partial charge on any atom is -0.454 e. The number of amides is 1. The molecule has 1 amide bonds. The number of ether oxygens (including phenoxy) is 3. The Morgan fingerprint density at radius 2 is 2.06 bits per heavy atom. The average molecular weight is 251 g/mol. The third kappa shape index (κ3) is 2.37. The van der Waals surface area contributed by atoms with Gasteiger partial charge in [-0.25, -0.2) is 4.79 Å². The molecule has 0 bridgehead atoms. The second kappa shape index (κ2) is 4.95. The monoisotopic (exact) mass is 251 g/mol. The number of alkyl carbamates (subject to hydrolysis) is 1. The maximum Gasteiger partial charge on any atom is 0.407 e. The molecular weight excluding hydrogens is 238 g/mol. The largest absolute Gasteiger partial charge is 0.454 e. The van der Waals surface area contributed by atoms with Crippen LogP contribution in [0.5, 0.6) is 11.5 Å². The Kier molecular flexibility index (Phi) is 3.36. The zero-order valence-electron chi connectivity index (χ0n) is 10.1. The number of benzene rings is 1. The van der Waals surface area contributed by atoms with Crippen molar-refractivity contribution < 1.29 is 23.8 Å². The van der Waals surface area contributed by atoms with Gasteiger partial charge in [-0.2, -0.15) is 0 Å². The molecule has 1 aliphatic rings. The summed E-state index contributed by atoms with van der Waals surface area (Å²) in [4.78, 5) is 23.0. The Bertz CT molecular complexity index is 485. The first-order valence-corrected chi connectivity index (χ1v) is 5.44. The number of rotatable bonds is 3. The minimum absolute atomic E-state index is 0.150. The lowest BCUT2D eigenvalue weighted by molar-refractivity contribution is 0.0677. The number of ketones is 1. The Labute approximate surface area is 104 Å². The van der Waals surface area contributed by atoms with Gasteiger partial charge in [0.25, 0.3) is 0 Å². The summed E-state index contributed by atoms with van der Waals surface area (Å²) in [5.74, 6) is 0.830. The van der Waals surface area contributed by atoms with Crippen LogP contribution in [0.25, 0.3) is 0 Å². The van der Waals surface area contributed by atoms with Crippen LogP contribution in [0.4, 0.5) is 4.79 Å². The molecule has 6 nitrogen and oxygen atoms in total. The summed E-state index contributed by atoms with van der Waals surface area (Å²) < 4.78 is 15.2. The molecule has 1 aromatic rings. The summed E-state index contributed by atoms with van der Waals surface area (Å²) in [7, 11) is 1.43. The van der Waals surface area contributed by atoms with E-state index in [0.29, 0.717) is 17.1 Å². The van der Waals surface area contributed by atoms with Crippen LogP contribution in [0.1, 0.15) is 17.3 Å². The quantitative estimate of drug-likeness (QED) is 0.820. The lowest BCUT2D eigenvalue weighted by Gasteiger charge is -2.11. The molecule has 0 unspecified atom stereocenters. The van der Waals surface area contributed by atoms with E-state index in [-0.39, 0.29) is 12.6 Å². The van der Waals surface area contributed by atoms with E-state index >= 15 is 0 Å². The van der Waals surface area contributed by atoms with E-state index in [1.807, 2.05) is 0 Å². The smallest absolute Gasteiger partial charge is 0.407 e. The van der Waals surface area contributed by atoms with Crippen LogP contribution in [0, 0.1) is 0 Å². The summed E-state index contributed by atoms with van der Waals surface area (Å²) in [5.41, 5.74) is 0.413. The molecule has 1 atom stereocenters. The number of nitrogens with one attached hydrogen (secondary N) is 1. The van der Waals surface area contributed by atoms with Gasteiger partial charge in [0.1, 0.15) is 0 Å². The van der Waals surface area contributed by atoms with Gasteiger partial charge in [-0.05, 0) is 25.1 Å². The molecule has 2 rings (SSSR count). The minimum atomic E-state index is -0.856. The van der Waals surface area contributed by atoms with Crippen molar-refractivity contribution >= 4 is 11.9 Å². The third-order valence-electron chi connectivity index (χ3n) is 2.51. The van der Waals surface area contributed by atoms with Crippen molar-refractivity contribution in [3.05, 3.63) is 23.8 Å². The number of carbonyl (C=O) groups is 2. The van der Waals surface area contributed by atoms with E-state index in [1.165, 1.54) is 14.0 Å². The SMILES string of the molecule is CNC(=O)O[C@H](C)C(=O)c1ccc2c(c1)OCO2. The number of Topliss-reactive ketones (excluding diaryl/α,β-unsaturated/α-hetero) is 1. The molecule has 0 aliphatic carbocycles. The predicted octanol–water partition coefficient (Wildman–Crippen LogP) is 1.34. The first kappa shape index (κ1) is 12.2. The standard InChI is InChI=1S/C12H13NO5/c1-7(18-12(15)13-2)11(14)8-3-4-9-10(5-8)17-6-16-9/h3-5,7H,6H2,1-2H3,(H,13,15)/t7-/m1/s1. The van der Waals surface area contributed by atoms with Crippen LogP contribution in [0.2, 0.25) is 0 Å². The van der Waals surface area contributed by atoms with Crippen LogP contribution in [-0.2, 0) is 4.74 Å². The maximum atomic E-state index is 12.0. The van der Waals surface area contributed by atoms with E-state index in [4.69, 9.17) is 14.2 Å². The lowest BCUT2D eigenvalue weighted by atomic mass is 10.1. The highest BCUT2D eigenvalue weighted by Crippen LogP contribution is 2.32. The zero-order chi connectivity index (χ0) is 13.1. The number of fused-ring (bicyclic) bond motifs is 1. The molecular formula is C12H13NO5. The molecule has 1 heterocycles. The van der Waals surface area contributed by atoms with Crippen LogP contribution < -0.4 is 14.8 Å². The molecule has 1 aromatic carbocycles. The molecule has 1 aliphatic heterocycles. The highest BCUT2D eigenvalue weighted by molar-refractivity contribution is 6.00. The average Bonchev–Trinajstić information content (AvgIpc) is 2.84. The van der Waals surface area contributed by atoms with Gasteiger partial charge in [-0.3, -0.25) is 4.79 Å². The Morgan fingerprint density at radius 3 is 2.78 bits per heavy atom. The fourth-order valence-corrected chi connectivity index (χ4v) is 1.56. The second-order valence-corrected chi connectivity index (χ2v) is 3.73. The molecule has 0 aromatic heterocycles. The Balaban J connectivity index is 2.11. The van der Waals surface area contributed by atoms with Gasteiger partial charge < -0.3 is 19.5 Å². The van der Waals surface area contributed by atoms with Crippen molar-refractivity contribution in [2.24, 2.45) is 0 Å². The van der Waals surface area contributed by atoms with Crippen molar-refractivity contribution in [3.8, 4) is 11.5 Å². The fraction of sp³-hybridized carbons (Fsp3) is 0.333. The normalized spacial score (nSPS) is 13.9. The van der Waals surface area contributed by atoms with Gasteiger partial charge >= 0.3 is 6.09 Å². The first-order valence-electron chi connectivity index (χ1n) is 5.44. The summed E-state index contributed by atoms with van der Waals surface area (Å²) in [5, 5.41) is 2.29. The predicted molar refractivity (Wildman–Crippen MR) is 61.9 cm³/mol. The van der Waals surface area contributed by atoms with Crippen LogP contribution in [-0.4, -0.2) is 31.8 Å². The van der Waals surface area contributed by atoms with E-state index < -0.39 is 12.2 Å². The van der Waals surface area contributed by atoms with Crippen molar-refractivity contribution in [3.63, 3.8) is 0 Å². The van der Waals surface area contributed by atoms with Crippen molar-refractivity contribution in [2.75, 3.05) is 13.8 Å². The molecule has 6 heteroatoms. The van der Waals surface area contributed by atoms with Gasteiger partial charge in [-0.15, -0.1) is 0 Å². The number of hydrogen-bond donors (Lipinski definition) is 1. The summed E-state index contributed by atoms with van der Waals surface area (Å²) >= 11 is 0. The fourth-order valence-electron chi connectivity index (χ4n) is 1.56. The third-order valence-corrected chi connectivity index (χ3v) is 2.51. The molecule has 18 heavy (non-hydrogen) atoms. The Hall–Kier alpha value is -2.24. The molecule has 0 fully saturated rings. The molecule has 0 radical (unpaired) electrons. The number of carbonyl (C=O) groups excluding carboxylic acids is 2. The molecule has 1 N–H and O–H groups in total. The topological polar surface area (TPSA) is 73.9 Å². The summed E-state index contributed by atoms with van der Waals surface area (Å²) in [6, 6.07) is 4.84. The number of hydrogen-bond acceptors (Lipinski definition) is 5. The second-order valence-electron chi connectivity index (χ2n) is 3.73. The van der Waals surface area contributed by atoms with E-state index in [0.717, 1.165) is 0 Å². The lowest BCUT2D eigenvalue weighted by Crippen LogP contribution is -2.29. The van der Waals surface area contributed by atoms with Gasteiger partial charge in [0.15, 0.2) is 17.6 Å². The summed E-state index contributed by atoms with van der Waals surface area (Å²) in [6.45, 7) is 1.67. The van der Waals surface area contributed by atoms with Gasteiger partial charge in [0, 0.05) is 12.6 Å². The first-order chi connectivity index (χ1) is 8.61. The van der Waals surface area contributed by atoms with Crippen LogP contribution in [0.15, 0.2) is 18.2 Å². The maximum absolute atomic E-state index is 12.0. The van der Waals surface area contributed by atoms with Crippen molar-refractivity contribution in [2.45, 2.75) is 13.0 Å². The molecule has 0 spiro atoms. The van der Waals surface area contributed by atoms with E-state index in [1.54, 1.807) is 18.2 Å². The van der Waals surface area contributed by atoms with Crippen LogP contribution >= 0.6 is 0 Å². The molecule has 0 saturated carbocycles. The van der Waals surface area contributed by atoms with E-state index in [2.05, 4.69) is 5.32 Å². The zero-order valence-corrected chi connectivity index (χ0v) is 10.1. The van der Waals surface area contributed by atoms with Crippen molar-refractivity contribution in [1.29, 1.82) is 0 Å². The van der Waals surface area contributed by atoms with Gasteiger partial charge in [0.05, 0.1) is 0 Å². The van der Waals surface area contributed by atoms with E-state index in [9.17, 15) is 9.59 Å². The van der Waals surface area contributed by atoms with Crippen molar-refractivity contribution in [1.82, 2.24) is 5.32 Å². The summed E-state index contributed by atoms with van der Waals surface area (Å²) in [6.07, 6.45) is -1.50. The van der Waals surface area contributed by atoms with Crippen LogP contribution in [0.3, 0.4) is 0 Å². The Morgan fingerprint density at radius 1 is 1.33 bits per heavy atom.